The lowest BCUT2D eigenvalue weighted by Gasteiger charge is -2.15. The van der Waals surface area contributed by atoms with Crippen molar-refractivity contribution in [3.05, 3.63) is 54.1 Å². The zero-order valence-electron chi connectivity index (χ0n) is 21.0. The summed E-state index contributed by atoms with van der Waals surface area (Å²) >= 11 is 0. The lowest BCUT2D eigenvalue weighted by atomic mass is 10.1. The highest BCUT2D eigenvalue weighted by atomic mass is 16.5. The Labute approximate surface area is 205 Å². The standard InChI is InChI=1S/C29H42N2O3/c1-3-5-7-9-10-11-13-15-28(29(32)33)34-27-22-20-26(21-23-27)31-30-25-18-16-24(17-19-25)14-12-8-6-4-2/h16-23,28H,3-15H2,1-2H3,(H,32,33). The monoisotopic (exact) mass is 466 g/mol. The first-order chi connectivity index (χ1) is 16.6. The predicted molar refractivity (Wildman–Crippen MR) is 140 cm³/mol. The Morgan fingerprint density at radius 1 is 0.735 bits per heavy atom. The van der Waals surface area contributed by atoms with Crippen LogP contribution in [0, 0.1) is 0 Å². The molecule has 2 aromatic rings. The van der Waals surface area contributed by atoms with E-state index in [9.17, 15) is 9.90 Å². The van der Waals surface area contributed by atoms with Gasteiger partial charge in [-0.1, -0.05) is 83.8 Å². The number of hydrogen-bond donors (Lipinski definition) is 1. The van der Waals surface area contributed by atoms with Crippen molar-refractivity contribution in [2.75, 3.05) is 0 Å². The number of unbranched alkanes of at least 4 members (excludes halogenated alkanes) is 9. The molecule has 5 heteroatoms. The molecule has 0 spiro atoms. The Kier molecular flexibility index (Phi) is 13.7. The highest BCUT2D eigenvalue weighted by Gasteiger charge is 2.18. The highest BCUT2D eigenvalue weighted by molar-refractivity contribution is 5.72. The molecule has 2 aromatic carbocycles. The third-order valence-corrected chi connectivity index (χ3v) is 6.00. The van der Waals surface area contributed by atoms with Crippen LogP contribution in [0.25, 0.3) is 0 Å². The molecular weight excluding hydrogens is 424 g/mol. The van der Waals surface area contributed by atoms with Gasteiger partial charge < -0.3 is 9.84 Å². The second kappa shape index (κ2) is 16.9. The van der Waals surface area contributed by atoms with E-state index in [1.807, 2.05) is 12.1 Å². The molecule has 0 amide bonds. The molecule has 186 valence electrons. The third kappa shape index (κ3) is 11.4. The molecule has 1 atom stereocenters. The molecule has 0 saturated heterocycles. The van der Waals surface area contributed by atoms with Crippen LogP contribution < -0.4 is 4.74 Å². The molecule has 0 aliphatic carbocycles. The van der Waals surface area contributed by atoms with Gasteiger partial charge in [-0.3, -0.25) is 0 Å². The molecule has 34 heavy (non-hydrogen) atoms. The Hall–Kier alpha value is -2.69. The number of carboxylic acid groups (broad SMARTS) is 1. The number of azo groups is 1. The van der Waals surface area contributed by atoms with E-state index in [-0.39, 0.29) is 0 Å². The van der Waals surface area contributed by atoms with Gasteiger partial charge in [-0.15, -0.1) is 0 Å². The zero-order valence-corrected chi connectivity index (χ0v) is 21.0. The summed E-state index contributed by atoms with van der Waals surface area (Å²) in [6, 6.07) is 15.3. The van der Waals surface area contributed by atoms with E-state index in [1.54, 1.807) is 24.3 Å². The molecule has 1 N–H and O–H groups in total. The van der Waals surface area contributed by atoms with Crippen LogP contribution in [0.5, 0.6) is 5.75 Å². The van der Waals surface area contributed by atoms with Gasteiger partial charge in [0.05, 0.1) is 11.4 Å². The van der Waals surface area contributed by atoms with E-state index in [4.69, 9.17) is 4.74 Å². The Morgan fingerprint density at radius 2 is 1.24 bits per heavy atom. The van der Waals surface area contributed by atoms with E-state index in [0.29, 0.717) is 17.9 Å². The molecule has 0 fully saturated rings. The average Bonchev–Trinajstić information content (AvgIpc) is 2.85. The minimum absolute atomic E-state index is 0.527. The number of carboxylic acids is 1. The van der Waals surface area contributed by atoms with Crippen molar-refractivity contribution in [3.8, 4) is 5.75 Å². The van der Waals surface area contributed by atoms with Crippen LogP contribution in [0.15, 0.2) is 58.8 Å². The van der Waals surface area contributed by atoms with Crippen molar-refractivity contribution in [1.29, 1.82) is 0 Å². The van der Waals surface area contributed by atoms with E-state index >= 15 is 0 Å². The van der Waals surface area contributed by atoms with Crippen molar-refractivity contribution in [2.45, 2.75) is 103 Å². The Balaban J connectivity index is 1.78. The second-order valence-corrected chi connectivity index (χ2v) is 9.03. The maximum atomic E-state index is 11.6. The number of benzene rings is 2. The van der Waals surface area contributed by atoms with Gasteiger partial charge in [0, 0.05) is 0 Å². The number of rotatable bonds is 18. The first kappa shape index (κ1) is 27.6. The minimum Gasteiger partial charge on any atom is -0.479 e. The van der Waals surface area contributed by atoms with Crippen molar-refractivity contribution < 1.29 is 14.6 Å². The normalized spacial score (nSPS) is 12.2. The van der Waals surface area contributed by atoms with Gasteiger partial charge in [0.2, 0.25) is 0 Å². The van der Waals surface area contributed by atoms with Crippen LogP contribution in [0.4, 0.5) is 11.4 Å². The fraction of sp³-hybridized carbons (Fsp3) is 0.552. The molecule has 0 saturated carbocycles. The number of aryl methyl sites for hydroxylation is 1. The van der Waals surface area contributed by atoms with Crippen LogP contribution in [0.2, 0.25) is 0 Å². The van der Waals surface area contributed by atoms with Crippen molar-refractivity contribution in [2.24, 2.45) is 10.2 Å². The van der Waals surface area contributed by atoms with Crippen LogP contribution in [-0.4, -0.2) is 17.2 Å². The van der Waals surface area contributed by atoms with Gasteiger partial charge in [-0.05, 0) is 67.6 Å². The number of nitrogens with zero attached hydrogens (tertiary/aromatic N) is 2. The molecule has 0 aromatic heterocycles. The maximum Gasteiger partial charge on any atom is 0.344 e. The maximum absolute atomic E-state index is 11.6. The highest BCUT2D eigenvalue weighted by Crippen LogP contribution is 2.23. The molecule has 0 aliphatic heterocycles. The number of aliphatic carboxylic acids is 1. The molecular formula is C29H42N2O3. The molecule has 0 heterocycles. The van der Waals surface area contributed by atoms with Crippen LogP contribution in [-0.2, 0) is 11.2 Å². The lowest BCUT2D eigenvalue weighted by Crippen LogP contribution is -2.26. The van der Waals surface area contributed by atoms with Gasteiger partial charge in [0.25, 0.3) is 0 Å². The predicted octanol–water partition coefficient (Wildman–Crippen LogP) is 9.20. The SMILES string of the molecule is CCCCCCCCCC(Oc1ccc(N=Nc2ccc(CCCCCC)cc2)cc1)C(=O)O. The van der Waals surface area contributed by atoms with Gasteiger partial charge in [0.1, 0.15) is 5.75 Å². The lowest BCUT2D eigenvalue weighted by molar-refractivity contribution is -0.145. The van der Waals surface area contributed by atoms with Crippen molar-refractivity contribution >= 4 is 17.3 Å². The Bertz CT molecular complexity index is 831. The summed E-state index contributed by atoms with van der Waals surface area (Å²) in [5.74, 6) is -0.370. The first-order valence-corrected chi connectivity index (χ1v) is 13.1. The summed E-state index contributed by atoms with van der Waals surface area (Å²) in [5, 5.41) is 18.1. The largest absolute Gasteiger partial charge is 0.479 e. The van der Waals surface area contributed by atoms with Crippen LogP contribution in [0.3, 0.4) is 0 Å². The van der Waals surface area contributed by atoms with Crippen molar-refractivity contribution in [1.82, 2.24) is 0 Å². The van der Waals surface area contributed by atoms with E-state index in [0.717, 1.165) is 31.4 Å². The Morgan fingerprint density at radius 3 is 1.79 bits per heavy atom. The molecule has 0 bridgehead atoms. The van der Waals surface area contributed by atoms with E-state index in [2.05, 4.69) is 36.2 Å². The van der Waals surface area contributed by atoms with Gasteiger partial charge in [0.15, 0.2) is 6.10 Å². The summed E-state index contributed by atoms with van der Waals surface area (Å²) in [4.78, 5) is 11.6. The fourth-order valence-electron chi connectivity index (χ4n) is 3.88. The summed E-state index contributed by atoms with van der Waals surface area (Å²) in [5.41, 5.74) is 2.86. The first-order valence-electron chi connectivity index (χ1n) is 13.1. The molecule has 2 rings (SSSR count). The van der Waals surface area contributed by atoms with Crippen molar-refractivity contribution in [3.63, 3.8) is 0 Å². The van der Waals surface area contributed by atoms with E-state index in [1.165, 1.54) is 56.9 Å². The van der Waals surface area contributed by atoms with Gasteiger partial charge in [-0.2, -0.15) is 10.2 Å². The quantitative estimate of drug-likeness (QED) is 0.176. The topological polar surface area (TPSA) is 71.2 Å². The summed E-state index contributed by atoms with van der Waals surface area (Å²) in [6.07, 6.45) is 14.0. The minimum atomic E-state index is -0.913. The molecule has 0 aliphatic rings. The zero-order chi connectivity index (χ0) is 24.4. The second-order valence-electron chi connectivity index (χ2n) is 9.03. The summed E-state index contributed by atoms with van der Waals surface area (Å²) in [7, 11) is 0. The molecule has 0 radical (unpaired) electrons. The summed E-state index contributed by atoms with van der Waals surface area (Å²) in [6.45, 7) is 4.43. The molecule has 1 unspecified atom stereocenters. The number of ether oxygens (including phenoxy) is 1. The molecule has 5 nitrogen and oxygen atoms in total. The summed E-state index contributed by atoms with van der Waals surface area (Å²) < 4.78 is 5.73. The average molecular weight is 467 g/mol. The fourth-order valence-corrected chi connectivity index (χ4v) is 3.88. The van der Waals surface area contributed by atoms with Crippen LogP contribution >= 0.6 is 0 Å². The van der Waals surface area contributed by atoms with E-state index < -0.39 is 12.1 Å². The smallest absolute Gasteiger partial charge is 0.344 e. The van der Waals surface area contributed by atoms with Crippen LogP contribution in [0.1, 0.15) is 96.5 Å². The van der Waals surface area contributed by atoms with Gasteiger partial charge in [-0.25, -0.2) is 4.79 Å². The van der Waals surface area contributed by atoms with Gasteiger partial charge >= 0.3 is 5.97 Å². The third-order valence-electron chi connectivity index (χ3n) is 6.00. The number of hydrogen-bond acceptors (Lipinski definition) is 4. The number of carbonyl (C=O) groups is 1.